The quantitative estimate of drug-likeness (QED) is 0.184. The third kappa shape index (κ3) is 5.39. The number of nitrogens with zero attached hydrogens (tertiary/aromatic N) is 1. The topological polar surface area (TPSA) is 143 Å². The Morgan fingerprint density at radius 1 is 1.00 bits per heavy atom. The van der Waals surface area contributed by atoms with Crippen LogP contribution < -0.4 is 21.1 Å². The van der Waals surface area contributed by atoms with Crippen LogP contribution in [0.3, 0.4) is 0 Å². The first-order valence-electron chi connectivity index (χ1n) is 11.6. The van der Waals surface area contributed by atoms with E-state index in [1.54, 1.807) is 37.3 Å². The zero-order valence-electron chi connectivity index (χ0n) is 20.5. The maximum atomic E-state index is 13.1. The lowest BCUT2D eigenvalue weighted by atomic mass is 10.0. The molecule has 9 nitrogen and oxygen atoms in total. The lowest BCUT2D eigenvalue weighted by Crippen LogP contribution is -2.35. The van der Waals surface area contributed by atoms with E-state index in [4.69, 9.17) is 10.5 Å². The molecule has 0 atom stereocenters. The molecule has 4 rings (SSSR count). The van der Waals surface area contributed by atoms with Crippen molar-refractivity contribution in [3.05, 3.63) is 83.7 Å². The van der Waals surface area contributed by atoms with E-state index < -0.39 is 29.0 Å². The fourth-order valence-electron chi connectivity index (χ4n) is 3.82. The summed E-state index contributed by atoms with van der Waals surface area (Å²) in [5.74, 6) is -1.70. The molecule has 0 unspecified atom stereocenters. The van der Waals surface area contributed by atoms with Crippen LogP contribution in [-0.2, 0) is 9.59 Å². The second-order valence-corrected chi connectivity index (χ2v) is 8.69. The lowest BCUT2D eigenvalue weighted by molar-refractivity contribution is -0.131. The summed E-state index contributed by atoms with van der Waals surface area (Å²) in [6.45, 7) is 5.21. The molecule has 194 valence electrons. The minimum atomic E-state index is -1.19. The number of ether oxygens (including phenoxy) is 1. The number of rotatable bonds is 9. The zero-order valence-corrected chi connectivity index (χ0v) is 20.5. The number of nitrogens with two attached hydrogens (primary N) is 1. The lowest BCUT2D eigenvalue weighted by Gasteiger charge is -2.16. The number of carbonyl (C=O) groups is 3. The number of halogens is 1. The van der Waals surface area contributed by atoms with Gasteiger partial charge in [0.1, 0.15) is 28.5 Å². The molecule has 5 N–H and O–H groups in total. The third-order valence-corrected chi connectivity index (χ3v) is 6.14. The molecule has 0 aliphatic heterocycles. The molecule has 3 amide bonds. The highest BCUT2D eigenvalue weighted by molar-refractivity contribution is 6.16. The monoisotopic (exact) mass is 516 g/mol. The minimum absolute atomic E-state index is 0.0918. The number of aromatic hydroxyl groups is 1. The first-order valence-corrected chi connectivity index (χ1v) is 11.6. The Bertz CT molecular complexity index is 1450. The molecule has 1 saturated carbocycles. The first kappa shape index (κ1) is 26.1. The predicted molar refractivity (Wildman–Crippen MR) is 142 cm³/mol. The minimum Gasteiger partial charge on any atom is -0.507 e. The molecular formula is C28H25FN4O5. The fraction of sp³-hybridized carbons (Fsp3) is 0.143. The number of benzene rings is 3. The summed E-state index contributed by atoms with van der Waals surface area (Å²) in [5.41, 5.74) is 5.62. The Hall–Kier alpha value is -4.99. The first-order chi connectivity index (χ1) is 18.2. The van der Waals surface area contributed by atoms with Gasteiger partial charge in [0, 0.05) is 23.0 Å². The molecule has 0 saturated heterocycles. The van der Waals surface area contributed by atoms with Crippen LogP contribution in [0.2, 0.25) is 0 Å². The molecule has 38 heavy (non-hydrogen) atoms. The number of hydrogen-bond donors (Lipinski definition) is 4. The molecule has 0 heterocycles. The number of allylic oxidation sites excluding steroid dienone is 1. The molecule has 3 aromatic rings. The maximum absolute atomic E-state index is 13.1. The van der Waals surface area contributed by atoms with Crippen molar-refractivity contribution < 1.29 is 28.6 Å². The van der Waals surface area contributed by atoms with Crippen molar-refractivity contribution in [3.8, 4) is 11.5 Å². The van der Waals surface area contributed by atoms with Crippen LogP contribution >= 0.6 is 0 Å². The summed E-state index contributed by atoms with van der Waals surface area (Å²) in [6, 6.07) is 14.4. The zero-order chi connectivity index (χ0) is 27.4. The van der Waals surface area contributed by atoms with Gasteiger partial charge >= 0.3 is 0 Å². The molecule has 0 radical (unpaired) electrons. The summed E-state index contributed by atoms with van der Waals surface area (Å²) in [6.07, 6.45) is 2.45. The van der Waals surface area contributed by atoms with E-state index in [-0.39, 0.29) is 17.0 Å². The smallest absolute Gasteiger partial charge is 0.252 e. The van der Waals surface area contributed by atoms with E-state index >= 15 is 0 Å². The van der Waals surface area contributed by atoms with Gasteiger partial charge in [0.15, 0.2) is 0 Å². The Balaban J connectivity index is 1.45. The second-order valence-electron chi connectivity index (χ2n) is 8.69. The highest BCUT2D eigenvalue weighted by atomic mass is 19.1. The summed E-state index contributed by atoms with van der Waals surface area (Å²) in [4.78, 5) is 41.2. The Labute approximate surface area is 217 Å². The standard InChI is InChI=1S/C28H25FN4O5/c1-3-24(20-14-21(25(30)35)23(34)15-22(20)31-2)38-19-10-8-18(9-11-19)33-27(37)28(12-13-28)26(36)32-17-6-4-16(29)5-7-17/h3-11,14-15,34H,2,12-13H2,1H3,(H2,30,35)(H,32,36)(H,33,37)/b24-3+. The van der Waals surface area contributed by atoms with Crippen LogP contribution in [0.5, 0.6) is 11.5 Å². The third-order valence-electron chi connectivity index (χ3n) is 6.14. The number of hydrogen-bond acceptors (Lipinski definition) is 6. The van der Waals surface area contributed by atoms with E-state index in [1.807, 2.05) is 0 Å². The normalized spacial score (nSPS) is 13.8. The summed E-state index contributed by atoms with van der Waals surface area (Å²) in [5, 5.41) is 15.4. The number of carbonyl (C=O) groups excluding carboxylic acids is 3. The van der Waals surface area contributed by atoms with Gasteiger partial charge in [0.2, 0.25) is 11.8 Å². The van der Waals surface area contributed by atoms with Crippen LogP contribution in [0.25, 0.3) is 5.76 Å². The molecule has 0 spiro atoms. The van der Waals surface area contributed by atoms with E-state index in [2.05, 4.69) is 22.3 Å². The number of nitrogens with one attached hydrogen (secondary N) is 2. The van der Waals surface area contributed by atoms with E-state index in [0.29, 0.717) is 41.3 Å². The number of phenols is 1. The molecule has 0 aromatic heterocycles. The van der Waals surface area contributed by atoms with Gasteiger partial charge in [-0.25, -0.2) is 4.39 Å². The summed E-state index contributed by atoms with van der Waals surface area (Å²) in [7, 11) is 0. The van der Waals surface area contributed by atoms with Crippen LogP contribution in [-0.4, -0.2) is 29.5 Å². The van der Waals surface area contributed by atoms with Crippen molar-refractivity contribution in [2.45, 2.75) is 19.8 Å². The van der Waals surface area contributed by atoms with Crippen LogP contribution in [0.1, 0.15) is 35.7 Å². The van der Waals surface area contributed by atoms with Crippen molar-refractivity contribution in [1.29, 1.82) is 0 Å². The van der Waals surface area contributed by atoms with Gasteiger partial charge in [-0.3, -0.25) is 19.4 Å². The molecule has 10 heteroatoms. The van der Waals surface area contributed by atoms with E-state index in [9.17, 15) is 23.9 Å². The largest absolute Gasteiger partial charge is 0.507 e. The Kier molecular flexibility index (Phi) is 7.24. The maximum Gasteiger partial charge on any atom is 0.252 e. The number of aliphatic imine (C=N–C) groups is 1. The fourth-order valence-corrected chi connectivity index (χ4v) is 3.82. The molecule has 1 aliphatic carbocycles. The van der Waals surface area contributed by atoms with Gasteiger partial charge in [0.05, 0.1) is 11.3 Å². The number of amides is 3. The molecule has 3 aromatic carbocycles. The van der Waals surface area contributed by atoms with Gasteiger partial charge in [-0.05, 0) is 87.2 Å². The Morgan fingerprint density at radius 2 is 1.55 bits per heavy atom. The second kappa shape index (κ2) is 10.6. The van der Waals surface area contributed by atoms with Gasteiger partial charge in [-0.15, -0.1) is 0 Å². The molecular weight excluding hydrogens is 491 g/mol. The number of anilines is 2. The van der Waals surface area contributed by atoms with E-state index in [0.717, 1.165) is 0 Å². The average Bonchev–Trinajstić information content (AvgIpc) is 3.72. The highest BCUT2D eigenvalue weighted by Gasteiger charge is 2.56. The van der Waals surface area contributed by atoms with Gasteiger partial charge in [-0.1, -0.05) is 0 Å². The van der Waals surface area contributed by atoms with Crippen molar-refractivity contribution >= 4 is 47.3 Å². The summed E-state index contributed by atoms with van der Waals surface area (Å²) >= 11 is 0. The number of primary amides is 1. The Morgan fingerprint density at radius 3 is 2.03 bits per heavy atom. The molecule has 1 fully saturated rings. The van der Waals surface area contributed by atoms with Gasteiger partial charge in [-0.2, -0.15) is 0 Å². The van der Waals surface area contributed by atoms with Crippen molar-refractivity contribution in [3.63, 3.8) is 0 Å². The van der Waals surface area contributed by atoms with Crippen molar-refractivity contribution in [2.24, 2.45) is 16.1 Å². The summed E-state index contributed by atoms with van der Waals surface area (Å²) < 4.78 is 19.1. The molecule has 0 bridgehead atoms. The molecule has 1 aliphatic rings. The van der Waals surface area contributed by atoms with E-state index in [1.165, 1.54) is 36.4 Å². The highest BCUT2D eigenvalue weighted by Crippen LogP contribution is 2.47. The van der Waals surface area contributed by atoms with Crippen molar-refractivity contribution in [1.82, 2.24) is 0 Å². The van der Waals surface area contributed by atoms with Crippen LogP contribution in [0, 0.1) is 11.2 Å². The average molecular weight is 517 g/mol. The van der Waals surface area contributed by atoms with Gasteiger partial charge < -0.3 is 26.2 Å². The van der Waals surface area contributed by atoms with Gasteiger partial charge in [0.25, 0.3) is 5.91 Å². The van der Waals surface area contributed by atoms with Crippen LogP contribution in [0.15, 0.2) is 71.7 Å². The predicted octanol–water partition coefficient (Wildman–Crippen LogP) is 4.76. The van der Waals surface area contributed by atoms with Crippen molar-refractivity contribution in [2.75, 3.05) is 10.6 Å². The SMILES string of the molecule is C=Nc1cc(O)c(C(N)=O)cc1/C(=C\C)Oc1ccc(NC(=O)C2(C(=O)Nc3ccc(F)cc3)CC2)cc1. The van der Waals surface area contributed by atoms with Crippen LogP contribution in [0.4, 0.5) is 21.5 Å².